The number of halogens is 1. The van der Waals surface area contributed by atoms with Crippen molar-refractivity contribution in [3.05, 3.63) is 95.3 Å². The molecule has 0 aliphatic heterocycles. The lowest BCUT2D eigenvalue weighted by atomic mass is 10.1. The Morgan fingerprint density at radius 2 is 1.87 bits per heavy atom. The number of hydrogen-bond acceptors (Lipinski definition) is 4. The first-order valence-electron chi connectivity index (χ1n) is 9.02. The molecule has 2 aromatic heterocycles. The van der Waals surface area contributed by atoms with Gasteiger partial charge in [0.1, 0.15) is 23.2 Å². The van der Waals surface area contributed by atoms with Gasteiger partial charge < -0.3 is 5.32 Å². The van der Waals surface area contributed by atoms with Gasteiger partial charge in [-0.3, -0.25) is 4.79 Å². The van der Waals surface area contributed by atoms with Crippen LogP contribution in [0, 0.1) is 17.1 Å². The third-order valence-electron chi connectivity index (χ3n) is 4.30. The number of amides is 1. The highest BCUT2D eigenvalue weighted by molar-refractivity contribution is 7.13. The quantitative estimate of drug-likeness (QED) is 0.356. The fraction of sp³-hybridized carbons (Fsp3) is 0. The zero-order chi connectivity index (χ0) is 20.9. The van der Waals surface area contributed by atoms with Crippen molar-refractivity contribution in [1.29, 1.82) is 5.26 Å². The van der Waals surface area contributed by atoms with Gasteiger partial charge in [0.25, 0.3) is 5.91 Å². The Kier molecular flexibility index (Phi) is 5.50. The average Bonchev–Trinajstić information content (AvgIpc) is 3.44. The van der Waals surface area contributed by atoms with Crippen LogP contribution in [-0.2, 0) is 4.79 Å². The fourth-order valence-corrected chi connectivity index (χ4v) is 3.60. The summed E-state index contributed by atoms with van der Waals surface area (Å²) in [6.45, 7) is 0. The topological polar surface area (TPSA) is 70.7 Å². The van der Waals surface area contributed by atoms with Crippen molar-refractivity contribution in [2.24, 2.45) is 0 Å². The summed E-state index contributed by atoms with van der Waals surface area (Å²) in [5, 5.41) is 18.6. The number of carbonyl (C=O) groups is 1. The van der Waals surface area contributed by atoms with Crippen molar-refractivity contribution in [2.45, 2.75) is 0 Å². The molecule has 30 heavy (non-hydrogen) atoms. The van der Waals surface area contributed by atoms with Crippen LogP contribution in [0.1, 0.15) is 5.56 Å². The van der Waals surface area contributed by atoms with Crippen LogP contribution in [0.15, 0.2) is 83.9 Å². The van der Waals surface area contributed by atoms with Gasteiger partial charge in [-0.25, -0.2) is 9.07 Å². The van der Waals surface area contributed by atoms with Gasteiger partial charge in [-0.1, -0.05) is 36.4 Å². The van der Waals surface area contributed by atoms with E-state index in [2.05, 4.69) is 10.4 Å². The molecular formula is C23H15FN4OS. The van der Waals surface area contributed by atoms with E-state index in [9.17, 15) is 14.4 Å². The van der Waals surface area contributed by atoms with Gasteiger partial charge in [-0.05, 0) is 41.8 Å². The molecule has 0 saturated heterocycles. The van der Waals surface area contributed by atoms with Gasteiger partial charge in [0.2, 0.25) is 0 Å². The highest BCUT2D eigenvalue weighted by Gasteiger charge is 2.16. The maximum atomic E-state index is 13.9. The summed E-state index contributed by atoms with van der Waals surface area (Å²) >= 11 is 1.51. The van der Waals surface area contributed by atoms with Crippen molar-refractivity contribution in [2.75, 3.05) is 5.32 Å². The molecule has 1 N–H and O–H groups in total. The van der Waals surface area contributed by atoms with Gasteiger partial charge in [-0.15, -0.1) is 11.3 Å². The van der Waals surface area contributed by atoms with Crippen molar-refractivity contribution in [1.82, 2.24) is 9.78 Å². The number of para-hydroxylation sites is 2. The first-order chi connectivity index (χ1) is 14.7. The SMILES string of the molecule is N#C/C(=C\c1cn(-c2ccccc2)nc1-c1cccs1)C(=O)Nc1ccccc1F. The number of hydrogen-bond donors (Lipinski definition) is 1. The molecule has 0 radical (unpaired) electrons. The van der Waals surface area contributed by atoms with Gasteiger partial charge >= 0.3 is 0 Å². The highest BCUT2D eigenvalue weighted by Crippen LogP contribution is 2.29. The number of nitrogens with zero attached hydrogens (tertiary/aromatic N) is 3. The van der Waals surface area contributed by atoms with Crippen LogP contribution >= 0.6 is 11.3 Å². The van der Waals surface area contributed by atoms with Crippen molar-refractivity contribution in [3.63, 3.8) is 0 Å². The number of anilines is 1. The normalized spacial score (nSPS) is 11.1. The molecule has 2 heterocycles. The zero-order valence-corrected chi connectivity index (χ0v) is 16.4. The van der Waals surface area contributed by atoms with E-state index in [1.807, 2.05) is 53.9 Å². The Bertz CT molecular complexity index is 1250. The number of rotatable bonds is 5. The van der Waals surface area contributed by atoms with Crippen LogP contribution in [-0.4, -0.2) is 15.7 Å². The molecule has 7 heteroatoms. The van der Waals surface area contributed by atoms with E-state index >= 15 is 0 Å². The van der Waals surface area contributed by atoms with Crippen LogP contribution < -0.4 is 5.32 Å². The van der Waals surface area contributed by atoms with E-state index in [1.54, 1.807) is 16.9 Å². The van der Waals surface area contributed by atoms with Crippen LogP contribution in [0.4, 0.5) is 10.1 Å². The van der Waals surface area contributed by atoms with Crippen LogP contribution in [0.5, 0.6) is 0 Å². The molecule has 0 atom stereocenters. The molecule has 4 rings (SSSR count). The maximum Gasteiger partial charge on any atom is 0.266 e. The van der Waals surface area contributed by atoms with Crippen LogP contribution in [0.3, 0.4) is 0 Å². The Morgan fingerprint density at radius 1 is 1.10 bits per heavy atom. The molecular weight excluding hydrogens is 399 g/mol. The van der Waals surface area contributed by atoms with Crippen molar-refractivity contribution >= 4 is 29.0 Å². The minimum atomic E-state index is -0.688. The van der Waals surface area contributed by atoms with E-state index in [4.69, 9.17) is 0 Å². The van der Waals surface area contributed by atoms with Gasteiger partial charge in [0, 0.05) is 11.8 Å². The Hall–Kier alpha value is -4.02. The smallest absolute Gasteiger partial charge is 0.266 e. The lowest BCUT2D eigenvalue weighted by molar-refractivity contribution is -0.112. The minimum absolute atomic E-state index is 0.0158. The summed E-state index contributed by atoms with van der Waals surface area (Å²) in [5.41, 5.74) is 1.98. The summed E-state index contributed by atoms with van der Waals surface area (Å²) in [6, 6.07) is 21.1. The highest BCUT2D eigenvalue weighted by atomic mass is 32.1. The van der Waals surface area contributed by atoms with E-state index in [1.165, 1.54) is 35.6 Å². The second-order valence-corrected chi connectivity index (χ2v) is 7.24. The summed E-state index contributed by atoms with van der Waals surface area (Å²) in [6.07, 6.45) is 3.23. The molecule has 4 aromatic rings. The van der Waals surface area contributed by atoms with Crippen molar-refractivity contribution in [3.8, 4) is 22.3 Å². The van der Waals surface area contributed by atoms with E-state index < -0.39 is 11.7 Å². The fourth-order valence-electron chi connectivity index (χ4n) is 2.87. The van der Waals surface area contributed by atoms with Crippen molar-refractivity contribution < 1.29 is 9.18 Å². The maximum absolute atomic E-state index is 13.9. The van der Waals surface area contributed by atoms with Gasteiger partial charge in [0.05, 0.1) is 16.3 Å². The molecule has 0 aliphatic carbocycles. The Morgan fingerprint density at radius 3 is 2.57 bits per heavy atom. The predicted molar refractivity (Wildman–Crippen MR) is 115 cm³/mol. The third kappa shape index (κ3) is 4.04. The summed E-state index contributed by atoms with van der Waals surface area (Å²) in [7, 11) is 0. The van der Waals surface area contributed by atoms with Crippen LogP contribution in [0.2, 0.25) is 0 Å². The largest absolute Gasteiger partial charge is 0.319 e. The number of carbonyl (C=O) groups excluding carboxylic acids is 1. The van der Waals surface area contributed by atoms with Crippen LogP contribution in [0.25, 0.3) is 22.3 Å². The third-order valence-corrected chi connectivity index (χ3v) is 5.18. The molecule has 0 saturated carbocycles. The molecule has 0 fully saturated rings. The summed E-state index contributed by atoms with van der Waals surface area (Å²) in [5.74, 6) is -1.26. The van der Waals surface area contributed by atoms with Gasteiger partial charge in [-0.2, -0.15) is 10.4 Å². The zero-order valence-electron chi connectivity index (χ0n) is 15.6. The van der Waals surface area contributed by atoms with Gasteiger partial charge in [0.15, 0.2) is 0 Å². The summed E-state index contributed by atoms with van der Waals surface area (Å²) < 4.78 is 15.6. The lowest BCUT2D eigenvalue weighted by Gasteiger charge is -2.05. The average molecular weight is 414 g/mol. The van der Waals surface area contributed by atoms with E-state index in [0.29, 0.717) is 11.3 Å². The summed E-state index contributed by atoms with van der Waals surface area (Å²) in [4.78, 5) is 13.5. The first kappa shape index (κ1) is 19.3. The molecule has 0 aliphatic rings. The number of benzene rings is 2. The number of thiophene rings is 1. The second kappa shape index (κ2) is 8.55. The molecule has 146 valence electrons. The second-order valence-electron chi connectivity index (χ2n) is 6.29. The predicted octanol–water partition coefficient (Wildman–Crippen LogP) is 5.29. The molecule has 0 unspecified atom stereocenters. The molecule has 5 nitrogen and oxygen atoms in total. The lowest BCUT2D eigenvalue weighted by Crippen LogP contribution is -2.14. The van der Waals surface area contributed by atoms with E-state index in [-0.39, 0.29) is 11.3 Å². The number of aromatic nitrogens is 2. The molecule has 0 bridgehead atoms. The monoisotopic (exact) mass is 414 g/mol. The minimum Gasteiger partial charge on any atom is -0.319 e. The number of nitriles is 1. The molecule has 1 amide bonds. The number of nitrogens with one attached hydrogen (secondary N) is 1. The molecule has 0 spiro atoms. The van der Waals surface area contributed by atoms with E-state index in [0.717, 1.165) is 10.6 Å². The standard InChI is InChI=1S/C23H15FN4OS/c24-19-9-4-5-10-20(19)26-23(29)16(14-25)13-17-15-28(18-7-2-1-3-8-18)27-22(17)21-11-6-12-30-21/h1-13,15H,(H,26,29)/b16-13+. The first-order valence-corrected chi connectivity index (χ1v) is 9.90. The Balaban J connectivity index is 1.73. The molecule has 2 aromatic carbocycles. The Labute approximate surface area is 176 Å².